The summed E-state index contributed by atoms with van der Waals surface area (Å²) >= 11 is 3.48. The van der Waals surface area contributed by atoms with Crippen LogP contribution < -0.4 is 10.1 Å². The van der Waals surface area contributed by atoms with Gasteiger partial charge in [-0.3, -0.25) is 4.79 Å². The van der Waals surface area contributed by atoms with E-state index in [2.05, 4.69) is 20.5 Å². The molecular formula is C19H13BrN3O+. The number of nitrogens with zero attached hydrogens (tertiary/aromatic N) is 3. The van der Waals surface area contributed by atoms with E-state index in [1.165, 1.54) is 0 Å². The van der Waals surface area contributed by atoms with Crippen LogP contribution in [0.15, 0.2) is 59.5 Å². The first-order valence-corrected chi connectivity index (χ1v) is 8.95. The Hall–Kier alpha value is -2.53. The molecule has 116 valence electrons. The molecule has 4 nitrogen and oxygen atoms in total. The Bertz CT molecular complexity index is 1290. The molecule has 0 bridgehead atoms. The lowest BCUT2D eigenvalue weighted by Gasteiger charge is -2.04. The van der Waals surface area contributed by atoms with Crippen molar-refractivity contribution >= 4 is 54.3 Å². The molecule has 0 fully saturated rings. The highest BCUT2D eigenvalue weighted by Crippen LogP contribution is 2.28. The predicted octanol–water partition coefficient (Wildman–Crippen LogP) is 3.27. The fourth-order valence-electron chi connectivity index (χ4n) is 3.57. The molecule has 5 rings (SSSR count). The van der Waals surface area contributed by atoms with Crippen molar-refractivity contribution in [2.75, 3.05) is 5.33 Å². The Labute approximate surface area is 145 Å². The minimum Gasteiger partial charge on any atom is -0.268 e. The lowest BCUT2D eigenvalue weighted by atomic mass is 10.0. The number of imidazole rings is 1. The lowest BCUT2D eigenvalue weighted by Crippen LogP contribution is -2.35. The van der Waals surface area contributed by atoms with Gasteiger partial charge in [0, 0.05) is 16.1 Å². The number of alkyl halides is 1. The average molecular weight is 379 g/mol. The molecule has 0 unspecified atom stereocenters. The molecule has 0 aliphatic rings. The number of pyridine rings is 2. The van der Waals surface area contributed by atoms with E-state index in [4.69, 9.17) is 4.98 Å². The van der Waals surface area contributed by atoms with E-state index >= 15 is 0 Å². The van der Waals surface area contributed by atoms with Crippen molar-refractivity contribution in [2.24, 2.45) is 0 Å². The molecule has 0 aliphatic heterocycles. The first kappa shape index (κ1) is 13.9. The van der Waals surface area contributed by atoms with Crippen molar-refractivity contribution in [2.45, 2.75) is 6.54 Å². The van der Waals surface area contributed by atoms with Crippen LogP contribution in [0.3, 0.4) is 0 Å². The van der Waals surface area contributed by atoms with Gasteiger partial charge in [-0.25, -0.2) is 8.97 Å². The van der Waals surface area contributed by atoms with E-state index in [-0.39, 0.29) is 5.56 Å². The second-order valence-electron chi connectivity index (χ2n) is 5.88. The second-order valence-corrected chi connectivity index (χ2v) is 6.68. The summed E-state index contributed by atoms with van der Waals surface area (Å²) < 4.78 is 3.82. The Morgan fingerprint density at radius 3 is 2.62 bits per heavy atom. The largest absolute Gasteiger partial charge is 0.350 e. The van der Waals surface area contributed by atoms with Crippen molar-refractivity contribution < 1.29 is 4.57 Å². The Morgan fingerprint density at radius 2 is 1.83 bits per heavy atom. The van der Waals surface area contributed by atoms with Gasteiger partial charge in [0.05, 0.1) is 11.6 Å². The summed E-state index contributed by atoms with van der Waals surface area (Å²) in [4.78, 5) is 18.0. The van der Waals surface area contributed by atoms with Gasteiger partial charge in [-0.15, -0.1) is 0 Å². The second kappa shape index (κ2) is 4.98. The normalized spacial score (nSPS) is 12.0. The van der Waals surface area contributed by atoms with Crippen LogP contribution in [0.1, 0.15) is 0 Å². The van der Waals surface area contributed by atoms with E-state index in [0.29, 0.717) is 0 Å². The first-order chi connectivity index (χ1) is 11.8. The van der Waals surface area contributed by atoms with Crippen molar-refractivity contribution in [3.05, 3.63) is 65.1 Å². The van der Waals surface area contributed by atoms with Crippen molar-refractivity contribution in [3.8, 4) is 0 Å². The maximum Gasteiger partial charge on any atom is 0.350 e. The zero-order valence-electron chi connectivity index (χ0n) is 12.7. The molecule has 0 saturated heterocycles. The third-order valence-electron chi connectivity index (χ3n) is 4.59. The van der Waals surface area contributed by atoms with E-state index in [9.17, 15) is 4.79 Å². The van der Waals surface area contributed by atoms with E-state index in [0.717, 1.165) is 50.2 Å². The number of hydrogen-bond donors (Lipinski definition) is 0. The van der Waals surface area contributed by atoms with E-state index < -0.39 is 0 Å². The lowest BCUT2D eigenvalue weighted by molar-refractivity contribution is -0.668. The molecule has 0 radical (unpaired) electrons. The smallest absolute Gasteiger partial charge is 0.268 e. The SMILES string of the molecule is O=c1c2cccc3cccc(c32)c2nc3c(ccc[n+]3CCBr)n12. The average Bonchev–Trinajstić information content (AvgIpc) is 3.01. The molecule has 0 amide bonds. The van der Waals surface area contributed by atoms with Gasteiger partial charge < -0.3 is 0 Å². The van der Waals surface area contributed by atoms with Gasteiger partial charge in [0.1, 0.15) is 12.1 Å². The summed E-state index contributed by atoms with van der Waals surface area (Å²) in [6, 6.07) is 15.9. The number of benzene rings is 2. The van der Waals surface area contributed by atoms with Gasteiger partial charge in [0.15, 0.2) is 0 Å². The number of aromatic nitrogens is 3. The van der Waals surface area contributed by atoms with Gasteiger partial charge in [-0.2, -0.15) is 0 Å². The van der Waals surface area contributed by atoms with Crippen molar-refractivity contribution in [1.29, 1.82) is 0 Å². The van der Waals surface area contributed by atoms with Gasteiger partial charge in [0.2, 0.25) is 0 Å². The van der Waals surface area contributed by atoms with E-state index in [1.54, 1.807) is 4.40 Å². The standard InChI is InChI=1S/C19H13BrN3O/c20-9-11-22-10-3-8-15-18(22)21-17-13-6-1-4-12-5-2-7-14(16(12)13)19(24)23(15)17/h1-8,10H,9,11H2/q+1. The number of rotatable bonds is 2. The summed E-state index contributed by atoms with van der Waals surface area (Å²) in [6.07, 6.45) is 2.00. The van der Waals surface area contributed by atoms with Crippen LogP contribution in [0.25, 0.3) is 38.4 Å². The molecule has 2 aromatic carbocycles. The maximum absolute atomic E-state index is 13.1. The van der Waals surface area contributed by atoms with Crippen LogP contribution in [0.5, 0.6) is 0 Å². The van der Waals surface area contributed by atoms with Crippen molar-refractivity contribution in [1.82, 2.24) is 9.38 Å². The van der Waals surface area contributed by atoms with Gasteiger partial charge in [0.25, 0.3) is 11.2 Å². The van der Waals surface area contributed by atoms with Crippen LogP contribution in [0.2, 0.25) is 0 Å². The van der Waals surface area contributed by atoms with Crippen LogP contribution in [0.4, 0.5) is 0 Å². The summed E-state index contributed by atoms with van der Waals surface area (Å²) in [5.41, 5.74) is 2.41. The molecule has 24 heavy (non-hydrogen) atoms. The molecule has 3 aromatic heterocycles. The van der Waals surface area contributed by atoms with Gasteiger partial charge >= 0.3 is 5.65 Å². The summed E-state index contributed by atoms with van der Waals surface area (Å²) in [7, 11) is 0. The first-order valence-electron chi connectivity index (χ1n) is 7.83. The highest BCUT2D eigenvalue weighted by Gasteiger charge is 2.22. The number of halogens is 1. The quantitative estimate of drug-likeness (QED) is 0.349. The molecule has 0 spiro atoms. The predicted molar refractivity (Wildman–Crippen MR) is 99.2 cm³/mol. The Kier molecular flexibility index (Phi) is 2.88. The van der Waals surface area contributed by atoms with Gasteiger partial charge in [-0.1, -0.05) is 40.2 Å². The fraction of sp³-hybridized carbons (Fsp3) is 0.105. The highest BCUT2D eigenvalue weighted by atomic mass is 79.9. The molecule has 0 atom stereocenters. The minimum absolute atomic E-state index is 0.00612. The molecule has 0 N–H and O–H groups in total. The number of fused-ring (bicyclic) bond motifs is 4. The van der Waals surface area contributed by atoms with E-state index in [1.807, 2.05) is 54.7 Å². The Morgan fingerprint density at radius 1 is 1.04 bits per heavy atom. The molecule has 0 saturated carbocycles. The molecular weight excluding hydrogens is 366 g/mol. The zero-order valence-corrected chi connectivity index (χ0v) is 14.3. The third kappa shape index (κ3) is 1.70. The van der Waals surface area contributed by atoms with Crippen molar-refractivity contribution in [3.63, 3.8) is 0 Å². The highest BCUT2D eigenvalue weighted by molar-refractivity contribution is 9.09. The molecule has 3 heterocycles. The van der Waals surface area contributed by atoms with Crippen LogP contribution in [-0.4, -0.2) is 14.7 Å². The monoisotopic (exact) mass is 378 g/mol. The zero-order chi connectivity index (χ0) is 16.3. The van der Waals surface area contributed by atoms with Gasteiger partial charge in [-0.05, 0) is 34.6 Å². The summed E-state index contributed by atoms with van der Waals surface area (Å²) in [5, 5.41) is 4.67. The maximum atomic E-state index is 13.1. The molecule has 5 aromatic rings. The minimum atomic E-state index is -0.00612. The van der Waals surface area contributed by atoms with Crippen LogP contribution in [0, 0.1) is 0 Å². The van der Waals surface area contributed by atoms with Crippen LogP contribution in [-0.2, 0) is 6.54 Å². The Balaban J connectivity index is 2.12. The topological polar surface area (TPSA) is 38.2 Å². The molecule has 0 aliphatic carbocycles. The number of hydrogen-bond acceptors (Lipinski definition) is 2. The number of aryl methyl sites for hydroxylation is 1. The third-order valence-corrected chi connectivity index (χ3v) is 4.94. The summed E-state index contributed by atoms with van der Waals surface area (Å²) in [6.45, 7) is 0.805. The molecule has 5 heteroatoms. The van der Waals surface area contributed by atoms with Crippen LogP contribution >= 0.6 is 15.9 Å². The summed E-state index contributed by atoms with van der Waals surface area (Å²) in [5.74, 6) is 0. The fourth-order valence-corrected chi connectivity index (χ4v) is 3.96.